The van der Waals surface area contributed by atoms with Gasteiger partial charge in [0.15, 0.2) is 5.65 Å². The minimum absolute atomic E-state index is 0.349. The SMILES string of the molecule is NC1CCC(Nc2ccc3ncc(-c4cccc(Cl)c4)n3n2)CC1. The van der Waals surface area contributed by atoms with Gasteiger partial charge < -0.3 is 11.1 Å². The standard InChI is InChI=1S/C18H20ClN5/c19-13-3-1-2-12(10-13)16-11-21-18-9-8-17(23-24(16)18)22-15-6-4-14(20)5-7-15/h1-3,8-11,14-15H,4-7,20H2,(H,22,23). The number of hydrogen-bond donors (Lipinski definition) is 2. The molecule has 0 unspecified atom stereocenters. The number of aromatic nitrogens is 3. The van der Waals surface area contributed by atoms with E-state index in [2.05, 4.69) is 10.3 Å². The monoisotopic (exact) mass is 341 g/mol. The highest BCUT2D eigenvalue weighted by molar-refractivity contribution is 6.30. The lowest BCUT2D eigenvalue weighted by molar-refractivity contribution is 0.410. The lowest BCUT2D eigenvalue weighted by atomic mass is 9.92. The fourth-order valence-corrected chi connectivity index (χ4v) is 3.46. The van der Waals surface area contributed by atoms with E-state index in [-0.39, 0.29) is 0 Å². The molecule has 0 bridgehead atoms. The zero-order chi connectivity index (χ0) is 16.5. The van der Waals surface area contributed by atoms with E-state index in [9.17, 15) is 0 Å². The second-order valence-electron chi connectivity index (χ2n) is 6.40. The van der Waals surface area contributed by atoms with E-state index in [0.717, 1.165) is 48.4 Å². The molecule has 0 atom stereocenters. The van der Waals surface area contributed by atoms with Gasteiger partial charge in [-0.3, -0.25) is 0 Å². The van der Waals surface area contributed by atoms with Gasteiger partial charge in [-0.15, -0.1) is 5.10 Å². The molecule has 1 fully saturated rings. The Kier molecular flexibility index (Phi) is 4.12. The molecular weight excluding hydrogens is 322 g/mol. The summed E-state index contributed by atoms with van der Waals surface area (Å²) >= 11 is 6.11. The Bertz CT molecular complexity index is 851. The molecule has 3 N–H and O–H groups in total. The first kappa shape index (κ1) is 15.4. The molecule has 5 nitrogen and oxygen atoms in total. The lowest BCUT2D eigenvalue weighted by Gasteiger charge is -2.27. The van der Waals surface area contributed by atoms with Gasteiger partial charge in [0.2, 0.25) is 0 Å². The summed E-state index contributed by atoms with van der Waals surface area (Å²) in [7, 11) is 0. The van der Waals surface area contributed by atoms with Crippen LogP contribution < -0.4 is 11.1 Å². The Hall–Kier alpha value is -2.11. The van der Waals surface area contributed by atoms with Crippen LogP contribution in [0.4, 0.5) is 5.82 Å². The summed E-state index contributed by atoms with van der Waals surface area (Å²) in [6.07, 6.45) is 6.15. The zero-order valence-corrected chi connectivity index (χ0v) is 14.1. The third-order valence-corrected chi connectivity index (χ3v) is 4.84. The number of anilines is 1. The summed E-state index contributed by atoms with van der Waals surface area (Å²) in [5, 5.41) is 8.96. The van der Waals surface area contributed by atoms with Crippen LogP contribution >= 0.6 is 11.6 Å². The van der Waals surface area contributed by atoms with Gasteiger partial charge in [0.1, 0.15) is 5.82 Å². The fraction of sp³-hybridized carbons (Fsp3) is 0.333. The lowest BCUT2D eigenvalue weighted by Crippen LogP contribution is -2.33. The summed E-state index contributed by atoms with van der Waals surface area (Å²) in [4.78, 5) is 4.44. The van der Waals surface area contributed by atoms with E-state index in [4.69, 9.17) is 22.4 Å². The van der Waals surface area contributed by atoms with E-state index in [1.165, 1.54) is 0 Å². The van der Waals surface area contributed by atoms with Gasteiger partial charge in [0.25, 0.3) is 0 Å². The number of halogens is 1. The highest BCUT2D eigenvalue weighted by atomic mass is 35.5. The van der Waals surface area contributed by atoms with Crippen molar-refractivity contribution in [1.29, 1.82) is 0 Å². The smallest absolute Gasteiger partial charge is 0.154 e. The summed E-state index contributed by atoms with van der Waals surface area (Å²) in [6, 6.07) is 12.5. The van der Waals surface area contributed by atoms with Gasteiger partial charge in [-0.25, -0.2) is 9.50 Å². The van der Waals surface area contributed by atoms with Crippen molar-refractivity contribution in [3.63, 3.8) is 0 Å². The Labute approximate surface area is 145 Å². The molecule has 124 valence electrons. The number of imidazole rings is 1. The van der Waals surface area contributed by atoms with Crippen LogP contribution in [0.15, 0.2) is 42.6 Å². The van der Waals surface area contributed by atoms with Crippen LogP contribution in [0.2, 0.25) is 5.02 Å². The van der Waals surface area contributed by atoms with Gasteiger partial charge >= 0.3 is 0 Å². The largest absolute Gasteiger partial charge is 0.366 e. The Morgan fingerprint density at radius 1 is 1.12 bits per heavy atom. The van der Waals surface area contributed by atoms with Crippen molar-refractivity contribution >= 4 is 23.1 Å². The number of nitrogens with two attached hydrogens (primary N) is 1. The van der Waals surface area contributed by atoms with E-state index in [1.54, 1.807) is 0 Å². The maximum atomic E-state index is 6.11. The Morgan fingerprint density at radius 2 is 1.96 bits per heavy atom. The topological polar surface area (TPSA) is 68.2 Å². The number of benzene rings is 1. The van der Waals surface area contributed by atoms with Gasteiger partial charge in [0.05, 0.1) is 11.9 Å². The second kappa shape index (κ2) is 6.42. The maximum absolute atomic E-state index is 6.11. The van der Waals surface area contributed by atoms with E-state index in [1.807, 2.05) is 47.1 Å². The summed E-state index contributed by atoms with van der Waals surface area (Å²) in [6.45, 7) is 0. The van der Waals surface area contributed by atoms with Gasteiger partial charge in [-0.2, -0.15) is 0 Å². The first-order valence-corrected chi connectivity index (χ1v) is 8.70. The van der Waals surface area contributed by atoms with Crippen LogP contribution in [0, 0.1) is 0 Å². The molecule has 4 rings (SSSR count). The highest BCUT2D eigenvalue weighted by Gasteiger charge is 2.19. The molecule has 1 aliphatic carbocycles. The van der Waals surface area contributed by atoms with Gasteiger partial charge in [0, 0.05) is 22.7 Å². The van der Waals surface area contributed by atoms with Crippen LogP contribution in [0.25, 0.3) is 16.9 Å². The number of nitrogens with zero attached hydrogens (tertiary/aromatic N) is 3. The Balaban J connectivity index is 1.63. The number of rotatable bonds is 3. The first-order chi connectivity index (χ1) is 11.7. The predicted octanol–water partition coefficient (Wildman–Crippen LogP) is 3.73. The van der Waals surface area contributed by atoms with E-state index < -0.39 is 0 Å². The summed E-state index contributed by atoms with van der Waals surface area (Å²) in [5.74, 6) is 0.865. The normalized spacial score (nSPS) is 21.1. The molecule has 1 aliphatic rings. The number of nitrogens with one attached hydrogen (secondary N) is 1. The quantitative estimate of drug-likeness (QED) is 0.761. The van der Waals surface area contributed by atoms with Crippen LogP contribution in [0.1, 0.15) is 25.7 Å². The van der Waals surface area contributed by atoms with Crippen LogP contribution in [-0.4, -0.2) is 26.7 Å². The van der Waals surface area contributed by atoms with Crippen LogP contribution in [0.3, 0.4) is 0 Å². The van der Waals surface area contributed by atoms with Crippen molar-refractivity contribution in [1.82, 2.24) is 14.6 Å². The average Bonchev–Trinajstić information content (AvgIpc) is 3.00. The van der Waals surface area contributed by atoms with Crippen molar-refractivity contribution in [3.8, 4) is 11.3 Å². The van der Waals surface area contributed by atoms with Crippen LogP contribution in [-0.2, 0) is 0 Å². The molecule has 24 heavy (non-hydrogen) atoms. The number of fused-ring (bicyclic) bond motifs is 1. The second-order valence-corrected chi connectivity index (χ2v) is 6.83. The molecule has 0 saturated heterocycles. The van der Waals surface area contributed by atoms with E-state index in [0.29, 0.717) is 17.1 Å². The van der Waals surface area contributed by atoms with Gasteiger partial charge in [-0.1, -0.05) is 23.7 Å². The third kappa shape index (κ3) is 3.09. The minimum Gasteiger partial charge on any atom is -0.366 e. The van der Waals surface area contributed by atoms with E-state index >= 15 is 0 Å². The third-order valence-electron chi connectivity index (χ3n) is 4.61. The van der Waals surface area contributed by atoms with Crippen molar-refractivity contribution in [3.05, 3.63) is 47.6 Å². The minimum atomic E-state index is 0.349. The van der Waals surface area contributed by atoms with Crippen molar-refractivity contribution in [2.45, 2.75) is 37.8 Å². The fourth-order valence-electron chi connectivity index (χ4n) is 3.27. The van der Waals surface area contributed by atoms with Crippen molar-refractivity contribution in [2.75, 3.05) is 5.32 Å². The summed E-state index contributed by atoms with van der Waals surface area (Å²) < 4.78 is 1.86. The molecule has 3 aromatic rings. The van der Waals surface area contributed by atoms with Crippen molar-refractivity contribution in [2.24, 2.45) is 5.73 Å². The molecule has 2 aromatic heterocycles. The molecule has 1 saturated carbocycles. The number of hydrogen-bond acceptors (Lipinski definition) is 4. The molecule has 0 spiro atoms. The van der Waals surface area contributed by atoms with Crippen LogP contribution in [0.5, 0.6) is 0 Å². The molecule has 1 aromatic carbocycles. The predicted molar refractivity (Wildman–Crippen MR) is 97.3 cm³/mol. The Morgan fingerprint density at radius 3 is 2.75 bits per heavy atom. The molecule has 2 heterocycles. The van der Waals surface area contributed by atoms with Crippen molar-refractivity contribution < 1.29 is 0 Å². The molecule has 0 amide bonds. The average molecular weight is 342 g/mol. The van der Waals surface area contributed by atoms with Gasteiger partial charge in [-0.05, 0) is 49.9 Å². The molecular formula is C18H20ClN5. The summed E-state index contributed by atoms with van der Waals surface area (Å²) in [5.41, 5.74) is 8.74. The molecule has 0 aliphatic heterocycles. The molecule has 0 radical (unpaired) electrons. The first-order valence-electron chi connectivity index (χ1n) is 8.32. The zero-order valence-electron chi connectivity index (χ0n) is 13.3. The highest BCUT2D eigenvalue weighted by Crippen LogP contribution is 2.25. The molecule has 6 heteroatoms. The maximum Gasteiger partial charge on any atom is 0.154 e.